The molecule has 0 radical (unpaired) electrons. The molecular weight excluding hydrogens is 536 g/mol. The fourth-order valence-corrected chi connectivity index (χ4v) is 10.7. The molecule has 1 heterocycles. The van der Waals surface area contributed by atoms with E-state index in [4.69, 9.17) is 15.2 Å². The zero-order valence-corrected chi connectivity index (χ0v) is 26.0. The van der Waals surface area contributed by atoms with Gasteiger partial charge in [-0.1, -0.05) is 6.42 Å². The Bertz CT molecular complexity index is 892. The van der Waals surface area contributed by atoms with Crippen molar-refractivity contribution in [3.63, 3.8) is 0 Å². The zero-order valence-electron chi connectivity index (χ0n) is 26.0. The molecule has 0 bridgehead atoms. The summed E-state index contributed by atoms with van der Waals surface area (Å²) < 4.78 is 11.0. The van der Waals surface area contributed by atoms with Gasteiger partial charge in [-0.05, 0) is 106 Å². The maximum Gasteiger partial charge on any atom is 0.140 e. The van der Waals surface area contributed by atoms with Crippen LogP contribution >= 0.6 is 0 Å². The first-order valence-corrected chi connectivity index (χ1v) is 17.1. The minimum absolute atomic E-state index is 0.0656. The van der Waals surface area contributed by atoms with Gasteiger partial charge in [-0.15, -0.1) is 0 Å². The summed E-state index contributed by atoms with van der Waals surface area (Å²) in [6.07, 6.45) is 9.16. The van der Waals surface area contributed by atoms with E-state index < -0.39 is 36.4 Å². The highest BCUT2D eigenvalue weighted by molar-refractivity contribution is 5.82. The van der Waals surface area contributed by atoms with Crippen LogP contribution in [0, 0.1) is 40.9 Å². The Balaban J connectivity index is 1.35. The van der Waals surface area contributed by atoms with Gasteiger partial charge in [0.05, 0.1) is 37.1 Å². The Kier molecular flexibility index (Phi) is 11.1. The average molecular weight is 596 g/mol. The second kappa shape index (κ2) is 14.2. The summed E-state index contributed by atoms with van der Waals surface area (Å²) >= 11 is 0. The molecule has 0 aromatic heterocycles. The smallest absolute Gasteiger partial charge is 0.140 e. The van der Waals surface area contributed by atoms with Crippen LogP contribution in [0.25, 0.3) is 0 Å². The van der Waals surface area contributed by atoms with E-state index in [9.17, 15) is 25.2 Å². The lowest BCUT2D eigenvalue weighted by Crippen LogP contribution is -2.97. The first-order chi connectivity index (χ1) is 20.2. The van der Waals surface area contributed by atoms with E-state index in [0.717, 1.165) is 70.8 Å². The van der Waals surface area contributed by atoms with Crippen LogP contribution in [0.15, 0.2) is 0 Å². The lowest BCUT2D eigenvalue weighted by atomic mass is 9.48. The average Bonchev–Trinajstić information content (AvgIpc) is 3.42. The van der Waals surface area contributed by atoms with E-state index in [1.54, 1.807) is 14.2 Å². The van der Waals surface area contributed by atoms with Crippen LogP contribution in [0.3, 0.4) is 0 Å². The highest BCUT2D eigenvalue weighted by Crippen LogP contribution is 2.63. The van der Waals surface area contributed by atoms with E-state index in [1.165, 1.54) is 0 Å². The highest BCUT2D eigenvalue weighted by atomic mass is 16.5. The van der Waals surface area contributed by atoms with Gasteiger partial charge in [0.2, 0.25) is 0 Å². The number of piperidine rings is 1. The zero-order chi connectivity index (χ0) is 30.0. The lowest BCUT2D eigenvalue weighted by molar-refractivity contribution is -0.709. The second-order valence-corrected chi connectivity index (χ2v) is 14.8. The van der Waals surface area contributed by atoms with Crippen LogP contribution < -0.4 is 11.1 Å². The van der Waals surface area contributed by atoms with E-state index in [2.05, 4.69) is 5.32 Å². The Morgan fingerprint density at radius 1 is 0.929 bits per heavy atom. The van der Waals surface area contributed by atoms with Crippen molar-refractivity contribution in [2.24, 2.45) is 46.7 Å². The van der Waals surface area contributed by atoms with Crippen LogP contribution in [-0.4, -0.2) is 89.8 Å². The minimum Gasteiger partial charge on any atom is -0.392 e. The summed E-state index contributed by atoms with van der Waals surface area (Å²) in [5, 5.41) is 45.4. The van der Waals surface area contributed by atoms with Crippen molar-refractivity contribution in [3.8, 4) is 0 Å². The number of methoxy groups -OCH3 is 2. The van der Waals surface area contributed by atoms with Crippen molar-refractivity contribution in [1.29, 1.82) is 0 Å². The van der Waals surface area contributed by atoms with Crippen molar-refractivity contribution in [2.45, 2.75) is 139 Å². The van der Waals surface area contributed by atoms with Gasteiger partial charge in [-0.25, -0.2) is 0 Å². The number of rotatable bonds is 11. The van der Waals surface area contributed by atoms with Crippen molar-refractivity contribution < 1.29 is 40.0 Å². The standard InChI is InChI=1S/C33H58N2O7/c1-41-28-17-19(5-10-24(28)36)6-11-25(37)30(26(38)12-7-20-16-27(39)31(40)29(18-20)42-2)33-14-3-4-21(33)8-9-22-23(33)13-15-35-32(22)34/h19-25,27-32,35-37,39-40H,3-18,34H2,1-2H3/p+1. The number of carbonyl (C=O) groups excluding carboxylic acids is 1. The quantitative estimate of drug-likeness (QED) is 0.210. The Morgan fingerprint density at radius 2 is 1.69 bits per heavy atom. The molecule has 1 saturated heterocycles. The molecule has 5 aliphatic rings. The normalized spacial score (nSPS) is 45.5. The van der Waals surface area contributed by atoms with Crippen molar-refractivity contribution in [1.82, 2.24) is 0 Å². The summed E-state index contributed by atoms with van der Waals surface area (Å²) in [6, 6.07) is 0. The van der Waals surface area contributed by atoms with Crippen LogP contribution in [0.5, 0.6) is 0 Å². The molecule has 0 aromatic carbocycles. The third-order valence-corrected chi connectivity index (χ3v) is 12.8. The van der Waals surface area contributed by atoms with E-state index in [-0.39, 0.29) is 29.4 Å². The number of nitrogens with two attached hydrogens (primary N) is 2. The molecule has 0 spiro atoms. The van der Waals surface area contributed by atoms with Crippen molar-refractivity contribution >= 4 is 5.78 Å². The van der Waals surface area contributed by atoms with Crippen LogP contribution in [0.1, 0.15) is 96.3 Å². The number of hydrogen-bond acceptors (Lipinski definition) is 8. The molecule has 4 aliphatic carbocycles. The number of ketones is 1. The van der Waals surface area contributed by atoms with Gasteiger partial charge < -0.3 is 35.2 Å². The number of ether oxygens (including phenoxy) is 2. The maximum absolute atomic E-state index is 14.5. The Morgan fingerprint density at radius 3 is 2.45 bits per heavy atom. The molecule has 9 nitrogen and oxygen atoms in total. The molecule has 1 aliphatic heterocycles. The van der Waals surface area contributed by atoms with E-state index in [0.29, 0.717) is 55.8 Å². The third-order valence-electron chi connectivity index (χ3n) is 12.8. The fraction of sp³-hybridized carbons (Fsp3) is 0.970. The van der Waals surface area contributed by atoms with E-state index >= 15 is 0 Å². The number of fused-ring (bicyclic) bond motifs is 3. The van der Waals surface area contributed by atoms with Gasteiger partial charge in [0, 0.05) is 38.9 Å². The Labute approximate surface area is 252 Å². The summed E-state index contributed by atoms with van der Waals surface area (Å²) in [5.74, 6) is 1.47. The number of quaternary nitrogens is 1. The minimum atomic E-state index is -0.889. The summed E-state index contributed by atoms with van der Waals surface area (Å²) in [5.41, 5.74) is 6.50. The molecule has 4 saturated carbocycles. The van der Waals surface area contributed by atoms with Gasteiger partial charge in [0.25, 0.3) is 0 Å². The number of hydrogen-bond donors (Lipinski definition) is 6. The van der Waals surface area contributed by atoms with Gasteiger partial charge in [-0.3, -0.25) is 10.5 Å². The molecule has 5 rings (SSSR count). The van der Waals surface area contributed by atoms with Gasteiger partial charge in [-0.2, -0.15) is 0 Å². The number of carbonyl (C=O) groups is 1. The first-order valence-electron chi connectivity index (χ1n) is 17.1. The summed E-state index contributed by atoms with van der Waals surface area (Å²) in [7, 11) is 3.22. The molecule has 42 heavy (non-hydrogen) atoms. The molecule has 8 N–H and O–H groups in total. The van der Waals surface area contributed by atoms with Gasteiger partial charge >= 0.3 is 0 Å². The summed E-state index contributed by atoms with van der Waals surface area (Å²) in [4.78, 5) is 14.5. The molecule has 242 valence electrons. The number of Topliss-reactive ketones (excluding diaryl/α,β-unsaturated/α-hetero) is 1. The van der Waals surface area contributed by atoms with Gasteiger partial charge in [0.15, 0.2) is 0 Å². The molecule has 5 fully saturated rings. The Hall–Kier alpha value is -0.650. The molecular formula is C33H59N2O7+. The fourth-order valence-electron chi connectivity index (χ4n) is 10.7. The highest BCUT2D eigenvalue weighted by Gasteiger charge is 2.62. The first kappa shape index (κ1) is 32.7. The topological polar surface area (TPSA) is 159 Å². The number of aliphatic hydroxyl groups excluding tert-OH is 4. The van der Waals surface area contributed by atoms with Crippen LogP contribution in [0.4, 0.5) is 0 Å². The van der Waals surface area contributed by atoms with Gasteiger partial charge in [0.1, 0.15) is 18.1 Å². The molecule has 9 heteroatoms. The number of aliphatic hydroxyl groups is 4. The third kappa shape index (κ3) is 6.50. The predicted molar refractivity (Wildman–Crippen MR) is 158 cm³/mol. The van der Waals surface area contributed by atoms with Crippen molar-refractivity contribution in [2.75, 3.05) is 20.8 Å². The monoisotopic (exact) mass is 595 g/mol. The second-order valence-electron chi connectivity index (χ2n) is 14.8. The van der Waals surface area contributed by atoms with Crippen LogP contribution in [0.2, 0.25) is 0 Å². The SMILES string of the molecule is COC1CC(CCC(O)C(C(=O)CCC2CC(O)C(O)C(OC)C2)C23CCCC2CCC2C(N)[NH2+]CCC23)CCC1O. The largest absolute Gasteiger partial charge is 0.392 e. The lowest BCUT2D eigenvalue weighted by Gasteiger charge is -2.56. The van der Waals surface area contributed by atoms with Crippen molar-refractivity contribution in [3.05, 3.63) is 0 Å². The van der Waals surface area contributed by atoms with E-state index in [1.807, 2.05) is 0 Å². The molecule has 0 aromatic rings. The molecule has 0 amide bonds. The maximum atomic E-state index is 14.5. The predicted octanol–water partition coefficient (Wildman–Crippen LogP) is 1.48. The summed E-state index contributed by atoms with van der Waals surface area (Å²) in [6.45, 7) is 0.983. The van der Waals surface area contributed by atoms with Crippen LogP contribution in [-0.2, 0) is 14.3 Å². The molecule has 14 unspecified atom stereocenters. The molecule has 14 atom stereocenters.